The fourth-order valence-electron chi connectivity index (χ4n) is 2.84. The molecule has 0 amide bonds. The van der Waals surface area contributed by atoms with Gasteiger partial charge in [-0.2, -0.15) is 4.98 Å². The van der Waals surface area contributed by atoms with Crippen molar-refractivity contribution in [3.8, 4) is 23.1 Å². The summed E-state index contributed by atoms with van der Waals surface area (Å²) in [6.07, 6.45) is 4.51. The number of rotatable bonds is 3. The minimum atomic E-state index is -0.289. The number of aryl methyl sites for hydroxylation is 2. The van der Waals surface area contributed by atoms with Gasteiger partial charge in [0.1, 0.15) is 17.3 Å². The van der Waals surface area contributed by atoms with Gasteiger partial charge in [-0.3, -0.25) is 4.98 Å². The lowest BCUT2D eigenvalue weighted by molar-refractivity contribution is 0.451. The van der Waals surface area contributed by atoms with Crippen molar-refractivity contribution in [1.29, 1.82) is 0 Å². The Bertz CT molecular complexity index is 897. The zero-order valence-corrected chi connectivity index (χ0v) is 13.3. The van der Waals surface area contributed by atoms with Gasteiger partial charge in [-0.25, -0.2) is 9.37 Å². The standard InChI is InChI=1S/C19H16FN3O/c1-12-8-9-13(11-15(12)20)24-19-14-5-4-7-16(14)22-18(23-19)17-6-2-3-10-21-17/h2-3,6,8-11H,4-5,7H2,1H3. The van der Waals surface area contributed by atoms with Gasteiger partial charge >= 0.3 is 0 Å². The molecule has 24 heavy (non-hydrogen) atoms. The maximum atomic E-state index is 13.8. The number of hydrogen-bond acceptors (Lipinski definition) is 4. The van der Waals surface area contributed by atoms with Crippen molar-refractivity contribution in [2.75, 3.05) is 0 Å². The second-order valence-electron chi connectivity index (χ2n) is 5.86. The van der Waals surface area contributed by atoms with E-state index in [1.165, 1.54) is 6.07 Å². The van der Waals surface area contributed by atoms with Crippen LogP contribution in [0.1, 0.15) is 23.2 Å². The van der Waals surface area contributed by atoms with Gasteiger partial charge in [0.25, 0.3) is 0 Å². The highest BCUT2D eigenvalue weighted by Gasteiger charge is 2.22. The van der Waals surface area contributed by atoms with Gasteiger partial charge < -0.3 is 4.74 Å². The highest BCUT2D eigenvalue weighted by atomic mass is 19.1. The molecule has 0 fully saturated rings. The number of ether oxygens (including phenoxy) is 1. The number of halogens is 1. The lowest BCUT2D eigenvalue weighted by Gasteiger charge is -2.11. The second kappa shape index (κ2) is 6.00. The molecular formula is C19H16FN3O. The lowest BCUT2D eigenvalue weighted by Crippen LogP contribution is -2.02. The molecule has 0 unspecified atom stereocenters. The van der Waals surface area contributed by atoms with Gasteiger partial charge in [0.05, 0.1) is 5.69 Å². The predicted octanol–water partition coefficient (Wildman–Crippen LogP) is 4.27. The van der Waals surface area contributed by atoms with Gasteiger partial charge in [-0.15, -0.1) is 0 Å². The van der Waals surface area contributed by atoms with E-state index in [-0.39, 0.29) is 5.82 Å². The van der Waals surface area contributed by atoms with Crippen molar-refractivity contribution in [2.45, 2.75) is 26.2 Å². The lowest BCUT2D eigenvalue weighted by atomic mass is 10.2. The van der Waals surface area contributed by atoms with Crippen molar-refractivity contribution < 1.29 is 9.13 Å². The largest absolute Gasteiger partial charge is 0.438 e. The Morgan fingerprint density at radius 1 is 1.08 bits per heavy atom. The molecule has 5 heteroatoms. The molecule has 0 saturated carbocycles. The molecule has 0 spiro atoms. The Morgan fingerprint density at radius 2 is 2.00 bits per heavy atom. The fourth-order valence-corrected chi connectivity index (χ4v) is 2.84. The molecule has 1 aliphatic carbocycles. The minimum Gasteiger partial charge on any atom is -0.438 e. The smallest absolute Gasteiger partial charge is 0.226 e. The normalized spacial score (nSPS) is 12.9. The first-order valence-corrected chi connectivity index (χ1v) is 7.96. The van der Waals surface area contributed by atoms with E-state index in [2.05, 4.69) is 15.0 Å². The van der Waals surface area contributed by atoms with E-state index in [0.29, 0.717) is 28.7 Å². The van der Waals surface area contributed by atoms with E-state index in [1.54, 1.807) is 25.3 Å². The third kappa shape index (κ3) is 2.73. The first-order valence-electron chi connectivity index (χ1n) is 7.96. The maximum Gasteiger partial charge on any atom is 0.226 e. The van der Waals surface area contributed by atoms with Crippen molar-refractivity contribution in [1.82, 2.24) is 15.0 Å². The van der Waals surface area contributed by atoms with Gasteiger partial charge in [0, 0.05) is 17.8 Å². The predicted molar refractivity (Wildman–Crippen MR) is 88.5 cm³/mol. The van der Waals surface area contributed by atoms with E-state index < -0.39 is 0 Å². The monoisotopic (exact) mass is 321 g/mol. The molecule has 4 nitrogen and oxygen atoms in total. The van der Waals surface area contributed by atoms with E-state index in [1.807, 2.05) is 18.2 Å². The third-order valence-corrected chi connectivity index (χ3v) is 4.15. The van der Waals surface area contributed by atoms with E-state index in [0.717, 1.165) is 30.5 Å². The molecule has 0 radical (unpaired) electrons. The molecule has 2 heterocycles. The summed E-state index contributed by atoms with van der Waals surface area (Å²) in [5.74, 6) is 1.20. The van der Waals surface area contributed by atoms with Crippen LogP contribution in [0.25, 0.3) is 11.5 Å². The molecule has 1 aliphatic rings. The number of pyridine rings is 1. The van der Waals surface area contributed by atoms with E-state index >= 15 is 0 Å². The van der Waals surface area contributed by atoms with Crippen molar-refractivity contribution in [2.24, 2.45) is 0 Å². The number of aromatic nitrogens is 3. The summed E-state index contributed by atoms with van der Waals surface area (Å²) in [5.41, 5.74) is 3.29. The molecule has 1 aromatic carbocycles. The van der Waals surface area contributed by atoms with Crippen LogP contribution in [0.3, 0.4) is 0 Å². The summed E-state index contributed by atoms with van der Waals surface area (Å²) >= 11 is 0. The van der Waals surface area contributed by atoms with Crippen LogP contribution in [-0.4, -0.2) is 15.0 Å². The summed E-state index contributed by atoms with van der Waals surface area (Å²) in [5, 5.41) is 0. The molecule has 0 bridgehead atoms. The highest BCUT2D eigenvalue weighted by molar-refractivity contribution is 5.52. The summed E-state index contributed by atoms with van der Waals surface area (Å²) < 4.78 is 19.7. The number of nitrogens with zero attached hydrogens (tertiary/aromatic N) is 3. The van der Waals surface area contributed by atoms with Crippen LogP contribution < -0.4 is 4.74 Å². The van der Waals surface area contributed by atoms with E-state index in [4.69, 9.17) is 4.74 Å². The third-order valence-electron chi connectivity index (χ3n) is 4.15. The Morgan fingerprint density at radius 3 is 2.79 bits per heavy atom. The average Bonchev–Trinajstić information content (AvgIpc) is 3.08. The Balaban J connectivity index is 1.76. The molecule has 3 aromatic rings. The summed E-state index contributed by atoms with van der Waals surface area (Å²) in [7, 11) is 0. The molecule has 4 rings (SSSR count). The topological polar surface area (TPSA) is 47.9 Å². The Labute approximate surface area is 139 Å². The number of benzene rings is 1. The van der Waals surface area contributed by atoms with E-state index in [9.17, 15) is 4.39 Å². The van der Waals surface area contributed by atoms with Crippen LogP contribution in [0.5, 0.6) is 11.6 Å². The molecule has 0 atom stereocenters. The number of fused-ring (bicyclic) bond motifs is 1. The molecule has 2 aromatic heterocycles. The Hall–Kier alpha value is -2.82. The SMILES string of the molecule is Cc1ccc(Oc2nc(-c3ccccn3)nc3c2CCC3)cc1F. The quantitative estimate of drug-likeness (QED) is 0.723. The molecule has 0 saturated heterocycles. The van der Waals surface area contributed by atoms with Crippen molar-refractivity contribution in [3.63, 3.8) is 0 Å². The van der Waals surface area contributed by atoms with Gasteiger partial charge in [-0.05, 0) is 49.9 Å². The first kappa shape index (κ1) is 14.8. The molecular weight excluding hydrogens is 305 g/mol. The molecule has 0 aliphatic heterocycles. The summed E-state index contributed by atoms with van der Waals surface area (Å²) in [6, 6.07) is 10.5. The summed E-state index contributed by atoms with van der Waals surface area (Å²) in [4.78, 5) is 13.5. The fraction of sp³-hybridized carbons (Fsp3) is 0.211. The second-order valence-corrected chi connectivity index (χ2v) is 5.86. The molecule has 120 valence electrons. The van der Waals surface area contributed by atoms with Gasteiger partial charge in [-0.1, -0.05) is 12.1 Å². The maximum absolute atomic E-state index is 13.8. The average molecular weight is 321 g/mol. The van der Waals surface area contributed by atoms with Crippen molar-refractivity contribution in [3.05, 3.63) is 65.2 Å². The zero-order valence-electron chi connectivity index (χ0n) is 13.3. The Kier molecular flexibility index (Phi) is 3.69. The number of hydrogen-bond donors (Lipinski definition) is 0. The van der Waals surface area contributed by atoms with Crippen LogP contribution >= 0.6 is 0 Å². The van der Waals surface area contributed by atoms with Crippen LogP contribution in [0, 0.1) is 12.7 Å². The first-order chi connectivity index (χ1) is 11.7. The van der Waals surface area contributed by atoms with Crippen LogP contribution in [0.2, 0.25) is 0 Å². The van der Waals surface area contributed by atoms with Crippen LogP contribution in [0.4, 0.5) is 4.39 Å². The van der Waals surface area contributed by atoms with Crippen LogP contribution in [0.15, 0.2) is 42.6 Å². The van der Waals surface area contributed by atoms with Gasteiger partial charge in [0.2, 0.25) is 5.88 Å². The summed E-state index contributed by atoms with van der Waals surface area (Å²) in [6.45, 7) is 1.72. The van der Waals surface area contributed by atoms with Crippen molar-refractivity contribution >= 4 is 0 Å². The zero-order chi connectivity index (χ0) is 16.5. The van der Waals surface area contributed by atoms with Crippen LogP contribution in [-0.2, 0) is 12.8 Å². The minimum absolute atomic E-state index is 0.289. The van der Waals surface area contributed by atoms with Gasteiger partial charge in [0.15, 0.2) is 5.82 Å². The highest BCUT2D eigenvalue weighted by Crippen LogP contribution is 2.33. The molecule has 0 N–H and O–H groups in total.